The summed E-state index contributed by atoms with van der Waals surface area (Å²) in [7, 11) is 0. The van der Waals surface area contributed by atoms with E-state index in [-0.39, 0.29) is 23.1 Å². The summed E-state index contributed by atoms with van der Waals surface area (Å²) in [5.41, 5.74) is 0. The molecule has 0 heterocycles. The van der Waals surface area contributed by atoms with Crippen LogP contribution in [0.25, 0.3) is 0 Å². The third kappa shape index (κ3) is 3.15. The lowest BCUT2D eigenvalue weighted by atomic mass is 10.4. The quantitative estimate of drug-likeness (QED) is 0.477. The molecule has 0 unspecified atom stereocenters. The molecule has 1 aromatic carbocycles. The molecule has 52 valence electrons. The summed E-state index contributed by atoms with van der Waals surface area (Å²) in [4.78, 5) is 1.25. The number of hydrogen-bond acceptors (Lipinski definition) is 1. The molecule has 0 nitrogen and oxygen atoms in total. The zero-order chi connectivity index (χ0) is 6.69. The number of hydrogen-bond donors (Lipinski definition) is 0. The van der Waals surface area contributed by atoms with Gasteiger partial charge in [-0.05, 0) is 30.5 Å². The zero-order valence-corrected chi connectivity index (χ0v) is 6.67. The van der Waals surface area contributed by atoms with E-state index in [0.29, 0.717) is 0 Å². The van der Waals surface area contributed by atoms with Crippen LogP contribution in [0.15, 0.2) is 29.2 Å². The lowest BCUT2D eigenvalue weighted by Crippen LogP contribution is -1.66. The minimum absolute atomic E-state index is 0. The normalized spacial score (nSPS) is 8.60. The van der Waals surface area contributed by atoms with E-state index < -0.39 is 0 Å². The van der Waals surface area contributed by atoms with E-state index in [1.807, 2.05) is 30.5 Å². The fraction of sp³-hybridized carbons (Fsp3) is 0.143. The van der Waals surface area contributed by atoms with Gasteiger partial charge in [-0.3, -0.25) is 0 Å². The molecule has 0 amide bonds. The maximum absolute atomic E-state index is 5.66. The molecule has 0 aromatic heterocycles. The van der Waals surface area contributed by atoms with Crippen LogP contribution in [-0.2, 0) is 0 Å². The highest BCUT2D eigenvalue weighted by atomic mass is 35.5. The lowest BCUT2D eigenvalue weighted by Gasteiger charge is -1.92. The summed E-state index contributed by atoms with van der Waals surface area (Å²) >= 11 is 7.38. The molecule has 0 saturated carbocycles. The first-order valence-corrected chi connectivity index (χ1v) is 4.23. The Morgan fingerprint density at radius 2 is 1.70 bits per heavy atom. The van der Waals surface area contributed by atoms with E-state index in [0.717, 1.165) is 5.02 Å². The molecule has 0 aliphatic carbocycles. The molecular weight excluding hydrogens is 176 g/mol. The minimum Gasteiger partial charge on any atom is -0.130 e. The van der Waals surface area contributed by atoms with Crippen molar-refractivity contribution in [3.63, 3.8) is 0 Å². The van der Waals surface area contributed by atoms with E-state index >= 15 is 0 Å². The Labute approximate surface area is 86.5 Å². The molecule has 1 aromatic rings. The molecule has 0 atom stereocenters. The number of halogens is 1. The van der Waals surface area contributed by atoms with E-state index in [1.165, 1.54) is 4.90 Å². The van der Waals surface area contributed by atoms with Crippen molar-refractivity contribution in [2.24, 2.45) is 0 Å². The third-order valence-electron chi connectivity index (χ3n) is 1.05. The average molecular weight is 185 g/mol. The monoisotopic (exact) mass is 184 g/mol. The number of thioether (sulfide) groups is 1. The fourth-order valence-electron chi connectivity index (χ4n) is 0.571. The van der Waals surface area contributed by atoms with Crippen molar-refractivity contribution in [3.8, 4) is 0 Å². The SMILES string of the molecule is CSc1ccc(Cl)cc1.[MgH2]. The summed E-state index contributed by atoms with van der Waals surface area (Å²) in [6.45, 7) is 0. The third-order valence-corrected chi connectivity index (χ3v) is 2.04. The molecule has 0 N–H and O–H groups in total. The molecule has 0 aliphatic rings. The number of benzene rings is 1. The summed E-state index contributed by atoms with van der Waals surface area (Å²) in [5, 5.41) is 0.799. The predicted octanol–water partition coefficient (Wildman–Crippen LogP) is 2.15. The second-order valence-electron chi connectivity index (χ2n) is 1.66. The van der Waals surface area contributed by atoms with Crippen molar-refractivity contribution in [2.75, 3.05) is 6.26 Å². The molecule has 3 heteroatoms. The van der Waals surface area contributed by atoms with Crippen LogP contribution in [0.3, 0.4) is 0 Å². The molecule has 0 bridgehead atoms. The van der Waals surface area contributed by atoms with Crippen LogP contribution in [0, 0.1) is 0 Å². The van der Waals surface area contributed by atoms with Gasteiger partial charge in [-0.2, -0.15) is 0 Å². The van der Waals surface area contributed by atoms with Crippen LogP contribution in [-0.4, -0.2) is 29.3 Å². The first-order valence-electron chi connectivity index (χ1n) is 2.62. The first kappa shape index (κ1) is 10.6. The van der Waals surface area contributed by atoms with Crippen molar-refractivity contribution >= 4 is 46.4 Å². The standard InChI is InChI=1S/C7H7ClS.Mg.2H/c1-9-7-4-2-6(8)3-5-7;;;/h2-5H,1H3;;;. The van der Waals surface area contributed by atoms with Crippen LogP contribution >= 0.6 is 23.4 Å². The van der Waals surface area contributed by atoms with Gasteiger partial charge in [-0.1, -0.05) is 11.6 Å². The van der Waals surface area contributed by atoms with Gasteiger partial charge in [0.15, 0.2) is 0 Å². The van der Waals surface area contributed by atoms with Gasteiger partial charge in [0.05, 0.1) is 0 Å². The molecular formula is C7H9ClMgS. The Bertz CT molecular complexity index is 185. The van der Waals surface area contributed by atoms with E-state index in [9.17, 15) is 0 Å². The predicted molar refractivity (Wildman–Crippen MR) is 51.8 cm³/mol. The molecule has 10 heavy (non-hydrogen) atoms. The highest BCUT2D eigenvalue weighted by Crippen LogP contribution is 2.16. The van der Waals surface area contributed by atoms with Crippen molar-refractivity contribution in [3.05, 3.63) is 29.3 Å². The highest BCUT2D eigenvalue weighted by molar-refractivity contribution is 7.98. The fourth-order valence-corrected chi connectivity index (χ4v) is 1.10. The van der Waals surface area contributed by atoms with Crippen LogP contribution in [0.2, 0.25) is 5.02 Å². The van der Waals surface area contributed by atoms with Gasteiger partial charge < -0.3 is 0 Å². The second-order valence-corrected chi connectivity index (χ2v) is 2.97. The maximum atomic E-state index is 5.66. The summed E-state index contributed by atoms with van der Waals surface area (Å²) in [5.74, 6) is 0. The molecule has 1 rings (SSSR count). The second kappa shape index (κ2) is 5.30. The van der Waals surface area contributed by atoms with E-state index in [1.54, 1.807) is 11.8 Å². The van der Waals surface area contributed by atoms with Gasteiger partial charge in [0.25, 0.3) is 0 Å². The van der Waals surface area contributed by atoms with Gasteiger partial charge in [0, 0.05) is 9.92 Å². The zero-order valence-electron chi connectivity index (χ0n) is 5.10. The Hall–Kier alpha value is 0.626. The van der Waals surface area contributed by atoms with Gasteiger partial charge in [0.2, 0.25) is 0 Å². The summed E-state index contributed by atoms with van der Waals surface area (Å²) in [6.07, 6.45) is 2.04. The first-order chi connectivity index (χ1) is 4.33. The topological polar surface area (TPSA) is 0 Å². The molecule has 0 radical (unpaired) electrons. The van der Waals surface area contributed by atoms with Gasteiger partial charge in [-0.15, -0.1) is 11.8 Å². The molecule has 0 spiro atoms. The maximum Gasteiger partial charge on any atom is 0.316 e. The lowest BCUT2D eigenvalue weighted by molar-refractivity contribution is 1.47. The van der Waals surface area contributed by atoms with Crippen LogP contribution < -0.4 is 0 Å². The molecule has 0 aliphatic heterocycles. The van der Waals surface area contributed by atoms with Gasteiger partial charge in [-0.25, -0.2) is 0 Å². The smallest absolute Gasteiger partial charge is 0.130 e. The van der Waals surface area contributed by atoms with Gasteiger partial charge >= 0.3 is 23.1 Å². The minimum atomic E-state index is 0. The number of rotatable bonds is 1. The molecule has 0 saturated heterocycles. The van der Waals surface area contributed by atoms with Crippen molar-refractivity contribution in [1.82, 2.24) is 0 Å². The van der Waals surface area contributed by atoms with Crippen LogP contribution in [0.1, 0.15) is 0 Å². The van der Waals surface area contributed by atoms with Gasteiger partial charge in [0.1, 0.15) is 0 Å². The largest absolute Gasteiger partial charge is 0.316 e. The Balaban J connectivity index is 0.000000810. The van der Waals surface area contributed by atoms with Crippen molar-refractivity contribution in [1.29, 1.82) is 0 Å². The average Bonchev–Trinajstić information content (AvgIpc) is 1.90. The Kier molecular flexibility index (Phi) is 5.63. The van der Waals surface area contributed by atoms with E-state index in [2.05, 4.69) is 0 Å². The Morgan fingerprint density at radius 1 is 1.20 bits per heavy atom. The van der Waals surface area contributed by atoms with Crippen molar-refractivity contribution < 1.29 is 0 Å². The van der Waals surface area contributed by atoms with E-state index in [4.69, 9.17) is 11.6 Å². The molecule has 0 fully saturated rings. The van der Waals surface area contributed by atoms with Crippen molar-refractivity contribution in [2.45, 2.75) is 4.90 Å². The summed E-state index contributed by atoms with van der Waals surface area (Å²) < 4.78 is 0. The Morgan fingerprint density at radius 3 is 2.10 bits per heavy atom. The van der Waals surface area contributed by atoms with Crippen LogP contribution in [0.5, 0.6) is 0 Å². The highest BCUT2D eigenvalue weighted by Gasteiger charge is 1.86. The summed E-state index contributed by atoms with van der Waals surface area (Å²) in [6, 6.07) is 7.81. The van der Waals surface area contributed by atoms with Crippen LogP contribution in [0.4, 0.5) is 0 Å².